The quantitative estimate of drug-likeness (QED) is 0.839. The minimum atomic E-state index is -3.48. The largest absolute Gasteiger partial charge is 0.281 e. The molecule has 0 amide bonds. The van der Waals surface area contributed by atoms with Crippen LogP contribution in [0.25, 0.3) is 11.3 Å². The summed E-state index contributed by atoms with van der Waals surface area (Å²) in [5.74, 6) is 0.762. The van der Waals surface area contributed by atoms with Crippen LogP contribution in [0.2, 0.25) is 5.02 Å². The normalized spacial score (nSPS) is 15.2. The van der Waals surface area contributed by atoms with E-state index in [1.54, 1.807) is 24.3 Å². The van der Waals surface area contributed by atoms with Crippen LogP contribution in [-0.2, 0) is 9.84 Å². The van der Waals surface area contributed by atoms with Crippen molar-refractivity contribution in [2.45, 2.75) is 4.21 Å². The SMILES string of the molecule is O=S(=O)(CC1=NCCS1)c1snnc1-c1ccc(Cl)cc1. The maximum atomic E-state index is 12.5. The van der Waals surface area contributed by atoms with E-state index in [-0.39, 0.29) is 9.96 Å². The van der Waals surface area contributed by atoms with Gasteiger partial charge in [0.25, 0.3) is 0 Å². The maximum Gasteiger partial charge on any atom is 0.197 e. The molecule has 0 aliphatic carbocycles. The van der Waals surface area contributed by atoms with Gasteiger partial charge in [-0.05, 0) is 12.1 Å². The van der Waals surface area contributed by atoms with Crippen molar-refractivity contribution in [2.75, 3.05) is 18.1 Å². The first-order valence-electron chi connectivity index (χ1n) is 6.03. The van der Waals surface area contributed by atoms with Gasteiger partial charge in [-0.25, -0.2) is 8.42 Å². The molecule has 0 saturated carbocycles. The Morgan fingerprint density at radius 1 is 1.24 bits per heavy atom. The molecule has 0 radical (unpaired) electrons. The Morgan fingerprint density at radius 3 is 2.67 bits per heavy atom. The van der Waals surface area contributed by atoms with Gasteiger partial charge in [-0.15, -0.1) is 16.9 Å². The van der Waals surface area contributed by atoms with Gasteiger partial charge in [0.2, 0.25) is 0 Å². The molecule has 2 aromatic rings. The Kier molecular flexibility index (Phi) is 4.30. The van der Waals surface area contributed by atoms with Crippen LogP contribution in [0.15, 0.2) is 33.5 Å². The van der Waals surface area contributed by atoms with Crippen molar-refractivity contribution >= 4 is 49.8 Å². The van der Waals surface area contributed by atoms with Crippen LogP contribution in [0.3, 0.4) is 0 Å². The van der Waals surface area contributed by atoms with Gasteiger partial charge in [0.1, 0.15) is 11.4 Å². The molecule has 0 atom stereocenters. The minimum Gasteiger partial charge on any atom is -0.281 e. The number of sulfone groups is 1. The van der Waals surface area contributed by atoms with Crippen molar-refractivity contribution < 1.29 is 8.42 Å². The summed E-state index contributed by atoms with van der Waals surface area (Å²) in [6, 6.07) is 6.87. The summed E-state index contributed by atoms with van der Waals surface area (Å²) in [5.41, 5.74) is 1.06. The van der Waals surface area contributed by atoms with Crippen LogP contribution < -0.4 is 0 Å². The first-order chi connectivity index (χ1) is 10.1. The summed E-state index contributed by atoms with van der Waals surface area (Å²) in [4.78, 5) is 4.19. The number of hydrogen-bond donors (Lipinski definition) is 0. The molecule has 0 fully saturated rings. The maximum absolute atomic E-state index is 12.5. The van der Waals surface area contributed by atoms with Gasteiger partial charge < -0.3 is 0 Å². The van der Waals surface area contributed by atoms with Crippen LogP contribution in [0.4, 0.5) is 0 Å². The van der Waals surface area contributed by atoms with Crippen LogP contribution >= 0.6 is 34.9 Å². The molecule has 0 N–H and O–H groups in total. The summed E-state index contributed by atoms with van der Waals surface area (Å²) >= 11 is 8.23. The third kappa shape index (κ3) is 3.28. The molecular formula is C12H10ClN3O2S3. The van der Waals surface area contributed by atoms with Gasteiger partial charge in [0, 0.05) is 34.4 Å². The van der Waals surface area contributed by atoms with E-state index in [4.69, 9.17) is 11.6 Å². The second kappa shape index (κ2) is 6.04. The lowest BCUT2D eigenvalue weighted by Gasteiger charge is -2.03. The predicted molar refractivity (Wildman–Crippen MR) is 87.2 cm³/mol. The number of rotatable bonds is 4. The number of benzene rings is 1. The van der Waals surface area contributed by atoms with E-state index < -0.39 is 9.84 Å². The number of thioether (sulfide) groups is 1. The first-order valence-corrected chi connectivity index (χ1v) is 9.82. The van der Waals surface area contributed by atoms with E-state index in [1.165, 1.54) is 11.8 Å². The highest BCUT2D eigenvalue weighted by Crippen LogP contribution is 2.30. The number of nitrogens with zero attached hydrogens (tertiary/aromatic N) is 3. The van der Waals surface area contributed by atoms with E-state index in [0.29, 0.717) is 27.9 Å². The van der Waals surface area contributed by atoms with Gasteiger partial charge in [0.05, 0.1) is 5.04 Å². The van der Waals surface area contributed by atoms with Crippen LogP contribution in [0, 0.1) is 0 Å². The Bertz CT molecular complexity index is 784. The van der Waals surface area contributed by atoms with Gasteiger partial charge in [-0.3, -0.25) is 4.99 Å². The lowest BCUT2D eigenvalue weighted by Crippen LogP contribution is -2.12. The topological polar surface area (TPSA) is 72.3 Å². The molecule has 0 saturated heterocycles. The van der Waals surface area contributed by atoms with E-state index >= 15 is 0 Å². The lowest BCUT2D eigenvalue weighted by molar-refractivity contribution is 0.602. The Labute approximate surface area is 135 Å². The van der Waals surface area contributed by atoms with Crippen LogP contribution in [0.1, 0.15) is 0 Å². The number of hydrogen-bond acceptors (Lipinski definition) is 7. The fourth-order valence-corrected chi connectivity index (χ4v) is 5.56. The Hall–Kier alpha value is -0.960. The number of halogens is 1. The summed E-state index contributed by atoms with van der Waals surface area (Å²) in [5, 5.41) is 5.20. The standard InChI is InChI=1S/C12H10ClN3O2S3/c13-9-3-1-8(2-4-9)11-12(20-16-15-11)21(17,18)7-10-14-5-6-19-10/h1-4H,5-7H2. The van der Waals surface area contributed by atoms with Gasteiger partial charge in [0.15, 0.2) is 14.0 Å². The van der Waals surface area contributed by atoms with Gasteiger partial charge in [-0.2, -0.15) is 0 Å². The molecule has 1 aromatic heterocycles. The summed E-state index contributed by atoms with van der Waals surface area (Å²) in [6.07, 6.45) is 0. The Balaban J connectivity index is 1.96. The zero-order valence-corrected chi connectivity index (χ0v) is 13.9. The highest BCUT2D eigenvalue weighted by atomic mass is 35.5. The zero-order chi connectivity index (χ0) is 14.9. The summed E-state index contributed by atoms with van der Waals surface area (Å²) in [6.45, 7) is 0.681. The van der Waals surface area contributed by atoms with Crippen molar-refractivity contribution in [1.82, 2.24) is 9.59 Å². The smallest absolute Gasteiger partial charge is 0.197 e. The highest BCUT2D eigenvalue weighted by Gasteiger charge is 2.27. The van der Waals surface area contributed by atoms with E-state index in [9.17, 15) is 8.42 Å². The van der Waals surface area contributed by atoms with Crippen molar-refractivity contribution in [1.29, 1.82) is 0 Å². The molecule has 9 heteroatoms. The van der Waals surface area contributed by atoms with E-state index in [2.05, 4.69) is 14.6 Å². The van der Waals surface area contributed by atoms with Crippen LogP contribution in [0.5, 0.6) is 0 Å². The summed E-state index contributed by atoms with van der Waals surface area (Å²) in [7, 11) is -3.48. The fraction of sp³-hybridized carbons (Fsp3) is 0.250. The second-order valence-electron chi connectivity index (χ2n) is 4.30. The number of aromatic nitrogens is 2. The second-order valence-corrected chi connectivity index (χ2v) is 8.84. The highest BCUT2D eigenvalue weighted by molar-refractivity contribution is 8.15. The zero-order valence-electron chi connectivity index (χ0n) is 10.7. The minimum absolute atomic E-state index is 0.0812. The number of aliphatic imine (C=N–C) groups is 1. The molecule has 2 heterocycles. The molecule has 0 unspecified atom stereocenters. The molecule has 0 bridgehead atoms. The average Bonchev–Trinajstić information content (AvgIpc) is 3.10. The lowest BCUT2D eigenvalue weighted by atomic mass is 10.2. The molecule has 1 aliphatic rings. The Morgan fingerprint density at radius 2 is 2.00 bits per heavy atom. The average molecular weight is 360 g/mol. The van der Waals surface area contributed by atoms with Crippen molar-refractivity contribution in [3.05, 3.63) is 29.3 Å². The molecule has 21 heavy (non-hydrogen) atoms. The molecule has 5 nitrogen and oxygen atoms in total. The van der Waals surface area contributed by atoms with Gasteiger partial charge in [-0.1, -0.05) is 28.2 Å². The van der Waals surface area contributed by atoms with Gasteiger partial charge >= 0.3 is 0 Å². The van der Waals surface area contributed by atoms with E-state index in [0.717, 1.165) is 17.3 Å². The van der Waals surface area contributed by atoms with Crippen molar-refractivity contribution in [3.8, 4) is 11.3 Å². The third-order valence-electron chi connectivity index (χ3n) is 2.82. The molecule has 110 valence electrons. The summed E-state index contributed by atoms with van der Waals surface area (Å²) < 4.78 is 29.0. The van der Waals surface area contributed by atoms with Crippen molar-refractivity contribution in [3.63, 3.8) is 0 Å². The van der Waals surface area contributed by atoms with Crippen LogP contribution in [-0.4, -0.2) is 41.1 Å². The third-order valence-corrected chi connectivity index (χ3v) is 7.17. The molecule has 3 rings (SSSR count). The molecular weight excluding hydrogens is 350 g/mol. The van der Waals surface area contributed by atoms with E-state index in [1.807, 2.05) is 0 Å². The molecule has 1 aromatic carbocycles. The molecule has 1 aliphatic heterocycles. The fourth-order valence-electron chi connectivity index (χ4n) is 1.86. The molecule has 0 spiro atoms. The first kappa shape index (κ1) is 15.0. The monoisotopic (exact) mass is 359 g/mol. The van der Waals surface area contributed by atoms with Crippen molar-refractivity contribution in [2.24, 2.45) is 4.99 Å². The predicted octanol–water partition coefficient (Wildman–Crippen LogP) is 2.78.